The highest BCUT2D eigenvalue weighted by Gasteiger charge is 2.68. The van der Waals surface area contributed by atoms with Gasteiger partial charge in [-0.15, -0.1) is 11.8 Å². The predicted molar refractivity (Wildman–Crippen MR) is 76.8 cm³/mol. The van der Waals surface area contributed by atoms with Gasteiger partial charge in [0.15, 0.2) is 0 Å². The number of rotatable bonds is 4. The smallest absolute Gasteiger partial charge is 0.327 e. The van der Waals surface area contributed by atoms with Gasteiger partial charge in [-0.05, 0) is 19.8 Å². The predicted octanol–water partition coefficient (Wildman–Crippen LogP) is 0.537. The molecule has 0 aliphatic carbocycles. The van der Waals surface area contributed by atoms with Crippen molar-refractivity contribution in [2.45, 2.75) is 49.0 Å². The van der Waals surface area contributed by atoms with E-state index in [1.807, 2.05) is 6.92 Å². The number of β-lactam (4-membered cyclic amide) rings is 1. The van der Waals surface area contributed by atoms with E-state index in [0.717, 1.165) is 6.42 Å². The number of hydrogen-bond acceptors (Lipinski definition) is 5. The largest absolute Gasteiger partial charge is 0.480 e. The van der Waals surface area contributed by atoms with Crippen molar-refractivity contribution in [3.63, 3.8) is 0 Å². The summed E-state index contributed by atoms with van der Waals surface area (Å²) in [5.74, 6) is -1.52. The molecule has 0 saturated carbocycles. The molecular formula is C14H21NO5S. The van der Waals surface area contributed by atoms with Crippen LogP contribution in [-0.4, -0.2) is 62.5 Å². The van der Waals surface area contributed by atoms with Crippen LogP contribution in [0.25, 0.3) is 0 Å². The van der Waals surface area contributed by atoms with Crippen molar-refractivity contribution in [3.05, 3.63) is 0 Å². The molecule has 0 spiro atoms. The molecule has 3 unspecified atom stereocenters. The molecular weight excluding hydrogens is 294 g/mol. The fourth-order valence-corrected chi connectivity index (χ4v) is 6.18. The van der Waals surface area contributed by atoms with Crippen LogP contribution in [0.3, 0.4) is 0 Å². The second-order valence-corrected chi connectivity index (χ2v) is 7.61. The van der Waals surface area contributed by atoms with Gasteiger partial charge in [0.1, 0.15) is 6.04 Å². The first-order valence-electron chi connectivity index (χ1n) is 7.42. The lowest BCUT2D eigenvalue weighted by Crippen LogP contribution is -2.66. The fourth-order valence-electron chi connectivity index (χ4n) is 4.02. The molecule has 2 N–H and O–H groups in total. The Hall–Kier alpha value is -0.790. The SMILES string of the molecule is CCC1(C2CCOC2)S[C@@H]2[C@@H]([C@@H](C)O)C(=O)N2C1C(=O)O. The molecule has 0 bridgehead atoms. The van der Waals surface area contributed by atoms with Crippen molar-refractivity contribution in [1.29, 1.82) is 0 Å². The lowest BCUT2D eigenvalue weighted by Gasteiger charge is -2.45. The summed E-state index contributed by atoms with van der Waals surface area (Å²) in [6, 6.07) is -0.813. The summed E-state index contributed by atoms with van der Waals surface area (Å²) in [4.78, 5) is 25.6. The van der Waals surface area contributed by atoms with Crippen LogP contribution in [0.5, 0.6) is 0 Å². The van der Waals surface area contributed by atoms with Gasteiger partial charge in [-0.3, -0.25) is 4.79 Å². The number of carbonyl (C=O) groups excluding carboxylic acids is 1. The zero-order chi connectivity index (χ0) is 15.4. The molecule has 1 amide bonds. The third-order valence-electron chi connectivity index (χ3n) is 5.13. The van der Waals surface area contributed by atoms with E-state index in [2.05, 4.69) is 0 Å². The number of carboxylic acid groups (broad SMARTS) is 1. The van der Waals surface area contributed by atoms with Gasteiger partial charge in [-0.2, -0.15) is 0 Å². The molecule has 21 heavy (non-hydrogen) atoms. The first kappa shape index (κ1) is 15.1. The van der Waals surface area contributed by atoms with Crippen LogP contribution >= 0.6 is 11.8 Å². The number of aliphatic hydroxyl groups excluding tert-OH is 1. The minimum absolute atomic E-state index is 0.140. The van der Waals surface area contributed by atoms with Crippen molar-refractivity contribution in [2.75, 3.05) is 13.2 Å². The molecule has 0 aromatic heterocycles. The van der Waals surface area contributed by atoms with Crippen LogP contribution in [0.1, 0.15) is 26.7 Å². The molecule has 0 aromatic rings. The second kappa shape index (κ2) is 5.14. The minimum Gasteiger partial charge on any atom is -0.480 e. The van der Waals surface area contributed by atoms with Crippen molar-refractivity contribution < 1.29 is 24.5 Å². The number of hydrogen-bond donors (Lipinski definition) is 2. The molecule has 3 aliphatic rings. The highest BCUT2D eigenvalue weighted by Crippen LogP contribution is 2.59. The fraction of sp³-hybridized carbons (Fsp3) is 0.857. The van der Waals surface area contributed by atoms with Crippen LogP contribution in [0.4, 0.5) is 0 Å². The maximum absolute atomic E-state index is 12.3. The van der Waals surface area contributed by atoms with Crippen LogP contribution in [0.2, 0.25) is 0 Å². The van der Waals surface area contributed by atoms with E-state index in [1.54, 1.807) is 18.7 Å². The van der Waals surface area contributed by atoms with Gasteiger partial charge < -0.3 is 19.8 Å². The summed E-state index contributed by atoms with van der Waals surface area (Å²) >= 11 is 1.57. The molecule has 118 valence electrons. The van der Waals surface area contributed by atoms with E-state index in [1.165, 1.54) is 4.90 Å². The van der Waals surface area contributed by atoms with E-state index in [9.17, 15) is 19.8 Å². The molecule has 0 radical (unpaired) electrons. The molecule has 3 aliphatic heterocycles. The number of fused-ring (bicyclic) bond motifs is 1. The number of aliphatic carboxylic acids is 1. The zero-order valence-corrected chi connectivity index (χ0v) is 13.0. The Labute approximate surface area is 127 Å². The quantitative estimate of drug-likeness (QED) is 0.736. The Bertz CT molecular complexity index is 464. The van der Waals surface area contributed by atoms with Crippen molar-refractivity contribution in [3.8, 4) is 0 Å². The standard InChI is InChI=1S/C14H21NO5S/c1-3-14(8-4-5-20-6-8)10(13(18)19)15-11(17)9(7(2)16)12(15)21-14/h7-10,12,16H,3-6H2,1-2H3,(H,18,19)/t7-,8?,9+,10?,12-,14?/m1/s1. The Balaban J connectivity index is 1.96. The van der Waals surface area contributed by atoms with Crippen LogP contribution in [0, 0.1) is 11.8 Å². The van der Waals surface area contributed by atoms with Gasteiger partial charge in [0.25, 0.3) is 0 Å². The number of nitrogens with zero attached hydrogens (tertiary/aromatic N) is 1. The van der Waals surface area contributed by atoms with Crippen molar-refractivity contribution >= 4 is 23.6 Å². The summed E-state index contributed by atoms with van der Waals surface area (Å²) in [6.45, 7) is 4.78. The lowest BCUT2D eigenvalue weighted by atomic mass is 9.79. The van der Waals surface area contributed by atoms with Gasteiger partial charge in [0.05, 0.1) is 28.7 Å². The summed E-state index contributed by atoms with van der Waals surface area (Å²) < 4.78 is 4.95. The van der Waals surface area contributed by atoms with E-state index in [-0.39, 0.29) is 17.2 Å². The Morgan fingerprint density at radius 2 is 2.33 bits per heavy atom. The van der Waals surface area contributed by atoms with Crippen LogP contribution in [-0.2, 0) is 14.3 Å². The summed E-state index contributed by atoms with van der Waals surface area (Å²) in [7, 11) is 0. The van der Waals surface area contributed by atoms with Gasteiger partial charge in [-0.1, -0.05) is 6.92 Å². The maximum Gasteiger partial charge on any atom is 0.327 e. The molecule has 6 nitrogen and oxygen atoms in total. The Morgan fingerprint density at radius 3 is 2.81 bits per heavy atom. The minimum atomic E-state index is -0.948. The van der Waals surface area contributed by atoms with E-state index >= 15 is 0 Å². The maximum atomic E-state index is 12.3. The number of carbonyl (C=O) groups is 2. The van der Waals surface area contributed by atoms with Crippen LogP contribution < -0.4 is 0 Å². The van der Waals surface area contributed by atoms with E-state index in [4.69, 9.17) is 4.74 Å². The molecule has 0 aromatic carbocycles. The molecule has 6 atom stereocenters. The van der Waals surface area contributed by atoms with Crippen molar-refractivity contribution in [1.82, 2.24) is 4.90 Å². The Kier molecular flexibility index (Phi) is 3.70. The average molecular weight is 315 g/mol. The topological polar surface area (TPSA) is 87.1 Å². The molecule has 3 fully saturated rings. The first-order chi connectivity index (χ1) is 9.94. The highest BCUT2D eigenvalue weighted by molar-refractivity contribution is 8.01. The van der Waals surface area contributed by atoms with Gasteiger partial charge in [0, 0.05) is 12.5 Å². The number of amides is 1. The summed E-state index contributed by atoms with van der Waals surface area (Å²) in [5, 5.41) is 19.3. The number of thioether (sulfide) groups is 1. The van der Waals surface area contributed by atoms with Crippen LogP contribution in [0.15, 0.2) is 0 Å². The monoisotopic (exact) mass is 315 g/mol. The lowest BCUT2D eigenvalue weighted by molar-refractivity contribution is -0.169. The highest BCUT2D eigenvalue weighted by atomic mass is 32.2. The number of ether oxygens (including phenoxy) is 1. The molecule has 3 saturated heterocycles. The summed E-state index contributed by atoms with van der Waals surface area (Å²) in [5.41, 5.74) is 0. The van der Waals surface area contributed by atoms with Gasteiger partial charge >= 0.3 is 5.97 Å². The first-order valence-corrected chi connectivity index (χ1v) is 8.30. The molecule has 3 heterocycles. The second-order valence-electron chi connectivity index (χ2n) is 6.13. The number of aliphatic hydroxyl groups is 1. The third kappa shape index (κ3) is 1.94. The normalized spacial score (nSPS) is 43.6. The van der Waals surface area contributed by atoms with E-state index in [0.29, 0.717) is 19.6 Å². The van der Waals surface area contributed by atoms with Gasteiger partial charge in [-0.25, -0.2) is 4.79 Å². The van der Waals surface area contributed by atoms with Gasteiger partial charge in [0.2, 0.25) is 5.91 Å². The zero-order valence-electron chi connectivity index (χ0n) is 12.2. The average Bonchev–Trinajstić information content (AvgIpc) is 3.02. The third-order valence-corrected chi connectivity index (χ3v) is 7.18. The molecule has 3 rings (SSSR count). The Morgan fingerprint density at radius 1 is 1.62 bits per heavy atom. The van der Waals surface area contributed by atoms with Crippen molar-refractivity contribution in [2.24, 2.45) is 11.8 Å². The van der Waals surface area contributed by atoms with E-state index < -0.39 is 28.8 Å². The summed E-state index contributed by atoms with van der Waals surface area (Å²) in [6.07, 6.45) is 0.766. The number of carboxylic acids is 1. The molecule has 7 heteroatoms.